The first-order valence-corrected chi connectivity index (χ1v) is 11.3. The summed E-state index contributed by atoms with van der Waals surface area (Å²) >= 11 is 0. The molecule has 5 heterocycles. The maximum Gasteiger partial charge on any atom is 0.159 e. The number of nitrogens with one attached hydrogen (secondary N) is 3. The van der Waals surface area contributed by atoms with Gasteiger partial charge in [-0.15, -0.1) is 0 Å². The number of aromatic amines is 2. The molecule has 0 aliphatic heterocycles. The first-order valence-electron chi connectivity index (χ1n) is 11.3. The van der Waals surface area contributed by atoms with Gasteiger partial charge in [-0.25, -0.2) is 4.98 Å². The third-order valence-electron chi connectivity index (χ3n) is 5.97. The number of nitrogens with zero attached hydrogens (tertiary/aromatic N) is 5. The zero-order valence-electron chi connectivity index (χ0n) is 19.1. The third kappa shape index (κ3) is 3.80. The zero-order chi connectivity index (χ0) is 23.8. The minimum atomic E-state index is 0.675. The largest absolute Gasteiger partial charge is 0.358 e. The summed E-state index contributed by atoms with van der Waals surface area (Å²) in [5, 5.41) is 12.0. The van der Waals surface area contributed by atoms with E-state index in [1.54, 1.807) is 18.6 Å². The second-order valence-corrected chi connectivity index (χ2v) is 8.29. The van der Waals surface area contributed by atoms with Crippen molar-refractivity contribution in [3.63, 3.8) is 0 Å². The fourth-order valence-electron chi connectivity index (χ4n) is 4.11. The molecule has 0 bridgehead atoms. The van der Waals surface area contributed by atoms with Gasteiger partial charge in [-0.3, -0.25) is 20.1 Å². The molecule has 0 fully saturated rings. The van der Waals surface area contributed by atoms with Crippen molar-refractivity contribution < 1.29 is 0 Å². The van der Waals surface area contributed by atoms with E-state index in [1.807, 2.05) is 36.8 Å². The topological polar surface area (TPSA) is 108 Å². The molecule has 0 radical (unpaired) electrons. The number of rotatable bonds is 6. The Hall–Kier alpha value is -4.85. The lowest BCUT2D eigenvalue weighted by atomic mass is 10.0. The van der Waals surface area contributed by atoms with Crippen molar-refractivity contribution in [2.75, 3.05) is 5.32 Å². The Morgan fingerprint density at radius 1 is 0.914 bits per heavy atom. The first kappa shape index (κ1) is 20.7. The van der Waals surface area contributed by atoms with E-state index in [4.69, 9.17) is 4.98 Å². The highest BCUT2D eigenvalue weighted by Crippen LogP contribution is 2.33. The number of hydrogen-bond acceptors (Lipinski definition) is 6. The molecule has 0 saturated carbocycles. The number of imidazole rings is 1. The van der Waals surface area contributed by atoms with E-state index in [-0.39, 0.29) is 0 Å². The average molecular weight is 459 g/mol. The number of benzene rings is 1. The van der Waals surface area contributed by atoms with Gasteiger partial charge in [-0.05, 0) is 36.2 Å². The maximum atomic E-state index is 4.90. The van der Waals surface area contributed by atoms with Crippen molar-refractivity contribution in [3.05, 3.63) is 85.9 Å². The minimum Gasteiger partial charge on any atom is -0.358 e. The van der Waals surface area contributed by atoms with E-state index in [0.717, 1.165) is 67.7 Å². The molecule has 0 aliphatic rings. The number of anilines is 1. The highest BCUT2D eigenvalue weighted by atomic mass is 15.1. The molecule has 0 aliphatic carbocycles. The Balaban J connectivity index is 1.43. The fourth-order valence-corrected chi connectivity index (χ4v) is 4.11. The van der Waals surface area contributed by atoms with Gasteiger partial charge in [-0.1, -0.05) is 25.6 Å². The van der Waals surface area contributed by atoms with Gasteiger partial charge in [0.05, 0.1) is 29.1 Å². The number of pyridine rings is 3. The van der Waals surface area contributed by atoms with Gasteiger partial charge in [0.2, 0.25) is 0 Å². The third-order valence-corrected chi connectivity index (χ3v) is 5.97. The molecule has 0 unspecified atom stereocenters. The molecule has 0 atom stereocenters. The first-order chi connectivity index (χ1) is 17.2. The van der Waals surface area contributed by atoms with Gasteiger partial charge in [0.1, 0.15) is 11.2 Å². The predicted octanol–water partition coefficient (Wildman–Crippen LogP) is 5.96. The maximum absolute atomic E-state index is 4.90. The van der Waals surface area contributed by atoms with Crippen molar-refractivity contribution in [2.24, 2.45) is 0 Å². The van der Waals surface area contributed by atoms with Crippen LogP contribution in [-0.4, -0.2) is 35.1 Å². The molecule has 8 nitrogen and oxygen atoms in total. The van der Waals surface area contributed by atoms with Gasteiger partial charge in [0, 0.05) is 52.6 Å². The molecule has 8 heteroatoms. The summed E-state index contributed by atoms with van der Waals surface area (Å²) in [5.74, 6) is 0.675. The van der Waals surface area contributed by atoms with Crippen molar-refractivity contribution in [2.45, 2.75) is 13.3 Å². The SMILES string of the molecule is C=C(CC)Nc1cncc(-c2ccc3[nH]nc(-c4nc5c(-c6cccnc6)cncc5[nH]4)c3c2)c1. The molecule has 35 heavy (non-hydrogen) atoms. The standard InChI is InChI=1S/C27H22N8/c1-3-16(2)31-20-9-19(12-29-13-20)17-6-7-23-21(10-17)26(35-34-23)27-32-24-15-30-14-22(25(24)33-27)18-5-4-8-28-11-18/h4-15,31H,2-3H2,1H3,(H,32,33)(H,34,35). The van der Waals surface area contributed by atoms with Gasteiger partial charge in [0.25, 0.3) is 0 Å². The van der Waals surface area contributed by atoms with Crippen molar-refractivity contribution in [3.8, 4) is 33.8 Å². The molecule has 0 amide bonds. The van der Waals surface area contributed by atoms with Crippen LogP contribution in [0.15, 0.2) is 85.9 Å². The molecule has 170 valence electrons. The molecule has 6 rings (SSSR count). The Morgan fingerprint density at radius 2 is 1.80 bits per heavy atom. The van der Waals surface area contributed by atoms with Gasteiger partial charge in [-0.2, -0.15) is 5.10 Å². The van der Waals surface area contributed by atoms with Crippen molar-refractivity contribution in [1.29, 1.82) is 0 Å². The van der Waals surface area contributed by atoms with Crippen LogP contribution in [0, 0.1) is 0 Å². The molecule has 5 aromatic heterocycles. The number of hydrogen-bond donors (Lipinski definition) is 3. The fraction of sp³-hybridized carbons (Fsp3) is 0.0741. The summed E-state index contributed by atoms with van der Waals surface area (Å²) in [6.45, 7) is 6.09. The van der Waals surface area contributed by atoms with Crippen LogP contribution in [0.2, 0.25) is 0 Å². The van der Waals surface area contributed by atoms with Crippen LogP contribution in [0.1, 0.15) is 13.3 Å². The Labute approximate surface area is 201 Å². The zero-order valence-corrected chi connectivity index (χ0v) is 19.1. The van der Waals surface area contributed by atoms with Gasteiger partial charge < -0.3 is 10.3 Å². The highest BCUT2D eigenvalue weighted by Gasteiger charge is 2.16. The lowest BCUT2D eigenvalue weighted by Gasteiger charge is -2.09. The van der Waals surface area contributed by atoms with E-state index in [2.05, 4.69) is 67.2 Å². The van der Waals surface area contributed by atoms with Crippen LogP contribution >= 0.6 is 0 Å². The van der Waals surface area contributed by atoms with Crippen molar-refractivity contribution >= 4 is 27.6 Å². The number of H-pyrrole nitrogens is 2. The average Bonchev–Trinajstić information content (AvgIpc) is 3.53. The van der Waals surface area contributed by atoms with E-state index in [9.17, 15) is 0 Å². The molecule has 6 aromatic rings. The van der Waals surface area contributed by atoms with E-state index in [0.29, 0.717) is 5.82 Å². The Kier molecular flexibility index (Phi) is 5.03. The van der Waals surface area contributed by atoms with Crippen LogP contribution in [-0.2, 0) is 0 Å². The van der Waals surface area contributed by atoms with Crippen LogP contribution in [0.3, 0.4) is 0 Å². The monoisotopic (exact) mass is 458 g/mol. The summed E-state index contributed by atoms with van der Waals surface area (Å²) in [6, 6.07) is 12.2. The summed E-state index contributed by atoms with van der Waals surface area (Å²) < 4.78 is 0. The number of aromatic nitrogens is 7. The quantitative estimate of drug-likeness (QED) is 0.284. The molecule has 0 saturated heterocycles. The van der Waals surface area contributed by atoms with Crippen LogP contribution in [0.4, 0.5) is 5.69 Å². The smallest absolute Gasteiger partial charge is 0.159 e. The van der Waals surface area contributed by atoms with Crippen LogP contribution < -0.4 is 5.32 Å². The lowest BCUT2D eigenvalue weighted by Crippen LogP contribution is -1.97. The summed E-state index contributed by atoms with van der Waals surface area (Å²) in [4.78, 5) is 21.3. The van der Waals surface area contributed by atoms with Gasteiger partial charge >= 0.3 is 0 Å². The molecule has 1 aromatic carbocycles. The molecule has 3 N–H and O–H groups in total. The molecular formula is C27H22N8. The molecular weight excluding hydrogens is 436 g/mol. The van der Waals surface area contributed by atoms with Crippen molar-refractivity contribution in [1.82, 2.24) is 35.1 Å². The van der Waals surface area contributed by atoms with Gasteiger partial charge in [0.15, 0.2) is 5.82 Å². The number of fused-ring (bicyclic) bond motifs is 2. The molecule has 0 spiro atoms. The summed E-state index contributed by atoms with van der Waals surface area (Å²) in [5.41, 5.74) is 9.12. The minimum absolute atomic E-state index is 0.675. The second kappa shape index (κ2) is 8.49. The normalized spacial score (nSPS) is 11.2. The van der Waals surface area contributed by atoms with Crippen LogP contribution in [0.5, 0.6) is 0 Å². The summed E-state index contributed by atoms with van der Waals surface area (Å²) in [6.07, 6.45) is 11.7. The Bertz CT molecular complexity index is 1680. The van der Waals surface area contributed by atoms with E-state index in [1.165, 1.54) is 0 Å². The predicted molar refractivity (Wildman–Crippen MR) is 138 cm³/mol. The van der Waals surface area contributed by atoms with E-state index < -0.39 is 0 Å². The Morgan fingerprint density at radius 3 is 2.66 bits per heavy atom. The van der Waals surface area contributed by atoms with Crippen LogP contribution in [0.25, 0.3) is 55.7 Å². The highest BCUT2D eigenvalue weighted by molar-refractivity contribution is 5.98. The lowest BCUT2D eigenvalue weighted by molar-refractivity contribution is 1.11. The number of allylic oxidation sites excluding steroid dienone is 1. The van der Waals surface area contributed by atoms with E-state index >= 15 is 0 Å². The second-order valence-electron chi connectivity index (χ2n) is 8.29. The summed E-state index contributed by atoms with van der Waals surface area (Å²) in [7, 11) is 0.